The van der Waals surface area contributed by atoms with Gasteiger partial charge in [-0.25, -0.2) is 8.42 Å². The Balaban J connectivity index is 1.51. The number of nitrogens with zero attached hydrogens (tertiary/aromatic N) is 2. The van der Waals surface area contributed by atoms with E-state index in [1.165, 1.54) is 12.1 Å². The highest BCUT2D eigenvalue weighted by Gasteiger charge is 2.26. The van der Waals surface area contributed by atoms with Gasteiger partial charge in [-0.05, 0) is 55.8 Å². The topological polar surface area (TPSA) is 79.0 Å². The Morgan fingerprint density at radius 3 is 2.37 bits per heavy atom. The molecule has 0 bridgehead atoms. The van der Waals surface area contributed by atoms with Crippen LogP contribution in [0.15, 0.2) is 65.6 Å². The molecule has 1 fully saturated rings. The van der Waals surface area contributed by atoms with Gasteiger partial charge in [0.1, 0.15) is 10.6 Å². The van der Waals surface area contributed by atoms with E-state index in [2.05, 4.69) is 9.62 Å². The number of hydrogen-bond acceptors (Lipinski definition) is 5. The second-order valence-electron chi connectivity index (χ2n) is 8.52. The molecule has 3 aromatic carbocycles. The third-order valence-corrected chi connectivity index (χ3v) is 7.93. The van der Waals surface area contributed by atoms with Crippen LogP contribution in [0.1, 0.15) is 21.5 Å². The van der Waals surface area contributed by atoms with Crippen molar-refractivity contribution in [3.63, 3.8) is 0 Å². The van der Waals surface area contributed by atoms with Crippen LogP contribution in [0.5, 0.6) is 5.75 Å². The minimum absolute atomic E-state index is 0.0554. The summed E-state index contributed by atoms with van der Waals surface area (Å²) in [7, 11) is -2.35. The molecule has 4 rings (SSSR count). The Hall–Kier alpha value is -3.23. The number of piperazine rings is 1. The fourth-order valence-corrected chi connectivity index (χ4v) is 5.85. The van der Waals surface area contributed by atoms with E-state index in [4.69, 9.17) is 16.3 Å². The second-order valence-corrected chi connectivity index (χ2v) is 10.6. The summed E-state index contributed by atoms with van der Waals surface area (Å²) >= 11 is 6.26. The van der Waals surface area contributed by atoms with Gasteiger partial charge in [0.05, 0.1) is 23.5 Å². The number of ether oxygens (including phenoxy) is 1. The van der Waals surface area contributed by atoms with Crippen molar-refractivity contribution in [1.82, 2.24) is 4.90 Å². The number of carbonyl (C=O) groups excluding carboxylic acids is 1. The molecule has 7 nitrogen and oxygen atoms in total. The first kappa shape index (κ1) is 24.9. The van der Waals surface area contributed by atoms with Crippen LogP contribution in [0.3, 0.4) is 0 Å². The number of benzene rings is 3. The van der Waals surface area contributed by atoms with Crippen molar-refractivity contribution in [2.75, 3.05) is 42.9 Å². The van der Waals surface area contributed by atoms with Gasteiger partial charge < -0.3 is 14.5 Å². The lowest BCUT2D eigenvalue weighted by Gasteiger charge is -2.36. The molecule has 0 spiro atoms. The predicted octanol–water partition coefficient (Wildman–Crippen LogP) is 4.73. The Morgan fingerprint density at radius 2 is 1.69 bits per heavy atom. The zero-order valence-electron chi connectivity index (χ0n) is 19.9. The third-order valence-electron chi connectivity index (χ3n) is 6.09. The first-order chi connectivity index (χ1) is 16.7. The fourth-order valence-electron chi connectivity index (χ4n) is 4.19. The maximum absolute atomic E-state index is 13.2. The van der Waals surface area contributed by atoms with Gasteiger partial charge in [0.25, 0.3) is 15.9 Å². The van der Waals surface area contributed by atoms with Crippen LogP contribution in [-0.2, 0) is 10.0 Å². The normalized spacial score (nSPS) is 14.1. The van der Waals surface area contributed by atoms with Crippen LogP contribution in [0.4, 0.5) is 11.4 Å². The smallest absolute Gasteiger partial charge is 0.263 e. The van der Waals surface area contributed by atoms with Crippen molar-refractivity contribution in [3.05, 3.63) is 82.4 Å². The second kappa shape index (κ2) is 10.2. The maximum atomic E-state index is 13.2. The van der Waals surface area contributed by atoms with Gasteiger partial charge in [0.15, 0.2) is 0 Å². The predicted molar refractivity (Wildman–Crippen MR) is 139 cm³/mol. The highest BCUT2D eigenvalue weighted by molar-refractivity contribution is 7.92. The number of hydrogen-bond donors (Lipinski definition) is 1. The maximum Gasteiger partial charge on any atom is 0.263 e. The van der Waals surface area contributed by atoms with E-state index >= 15 is 0 Å². The summed E-state index contributed by atoms with van der Waals surface area (Å²) in [5, 5.41) is 0.0554. The van der Waals surface area contributed by atoms with Crippen LogP contribution in [0.2, 0.25) is 5.02 Å². The van der Waals surface area contributed by atoms with Crippen molar-refractivity contribution in [2.24, 2.45) is 0 Å². The van der Waals surface area contributed by atoms with Crippen LogP contribution in [0.25, 0.3) is 0 Å². The molecular formula is C26H28ClN3O4S. The average molecular weight is 514 g/mol. The van der Waals surface area contributed by atoms with E-state index in [9.17, 15) is 13.2 Å². The van der Waals surface area contributed by atoms with E-state index in [1.807, 2.05) is 50.2 Å². The van der Waals surface area contributed by atoms with E-state index in [0.717, 1.165) is 22.6 Å². The number of halogens is 1. The highest BCUT2D eigenvalue weighted by Crippen LogP contribution is 2.30. The van der Waals surface area contributed by atoms with Crippen LogP contribution in [0, 0.1) is 13.8 Å². The highest BCUT2D eigenvalue weighted by atomic mass is 35.5. The van der Waals surface area contributed by atoms with Crippen LogP contribution < -0.4 is 14.4 Å². The van der Waals surface area contributed by atoms with Gasteiger partial charge in [-0.15, -0.1) is 0 Å². The third kappa shape index (κ3) is 5.39. The van der Waals surface area contributed by atoms with E-state index in [-0.39, 0.29) is 21.4 Å². The summed E-state index contributed by atoms with van der Waals surface area (Å²) in [6, 6.07) is 17.6. The average Bonchev–Trinajstić information content (AvgIpc) is 2.85. The molecule has 1 aliphatic rings. The Labute approximate surface area is 211 Å². The van der Waals surface area contributed by atoms with Gasteiger partial charge in [-0.3, -0.25) is 9.52 Å². The summed E-state index contributed by atoms with van der Waals surface area (Å²) in [4.78, 5) is 17.0. The van der Waals surface area contributed by atoms with Crippen LogP contribution in [-0.4, -0.2) is 52.5 Å². The lowest BCUT2D eigenvalue weighted by molar-refractivity contribution is 0.0746. The summed E-state index contributed by atoms with van der Waals surface area (Å²) in [6.07, 6.45) is 0. The molecule has 9 heteroatoms. The number of amides is 1. The van der Waals surface area contributed by atoms with Crippen LogP contribution >= 0.6 is 11.6 Å². The molecule has 0 aromatic heterocycles. The number of aryl methyl sites for hydroxylation is 2. The first-order valence-corrected chi connectivity index (χ1v) is 13.1. The summed E-state index contributed by atoms with van der Waals surface area (Å²) in [5.74, 6) is 0.556. The van der Waals surface area contributed by atoms with Gasteiger partial charge in [0.2, 0.25) is 0 Å². The zero-order chi connectivity index (χ0) is 25.2. The minimum Gasteiger partial charge on any atom is -0.495 e. The molecule has 1 aliphatic heterocycles. The molecule has 0 aliphatic carbocycles. The van der Waals surface area contributed by atoms with Crippen molar-refractivity contribution in [2.45, 2.75) is 18.7 Å². The molecule has 0 unspecified atom stereocenters. The number of carbonyl (C=O) groups is 1. The lowest BCUT2D eigenvalue weighted by atomic mass is 10.1. The quantitative estimate of drug-likeness (QED) is 0.515. The van der Waals surface area contributed by atoms with Crippen molar-refractivity contribution < 1.29 is 17.9 Å². The summed E-state index contributed by atoms with van der Waals surface area (Å²) in [5.41, 5.74) is 3.56. The van der Waals surface area contributed by atoms with Crippen molar-refractivity contribution >= 4 is 38.9 Å². The molecule has 0 atom stereocenters. The van der Waals surface area contributed by atoms with E-state index in [0.29, 0.717) is 31.9 Å². The standard InChI is InChI=1S/C26H28ClN3O4S/c1-18-8-11-22(19(2)16-18)28-35(32,33)25-17-20(9-10-21(25)27)26(31)30-14-12-29(13-15-30)23-6-4-5-7-24(23)34-3/h4-11,16-17,28H,12-15H2,1-3H3. The van der Waals surface area contributed by atoms with Gasteiger partial charge in [0, 0.05) is 31.7 Å². The van der Waals surface area contributed by atoms with Crippen molar-refractivity contribution in [1.29, 1.82) is 0 Å². The van der Waals surface area contributed by atoms with Gasteiger partial charge >= 0.3 is 0 Å². The molecule has 3 aromatic rings. The number of nitrogens with one attached hydrogen (secondary N) is 1. The molecule has 0 saturated carbocycles. The molecular weight excluding hydrogens is 486 g/mol. The molecule has 35 heavy (non-hydrogen) atoms. The zero-order valence-corrected chi connectivity index (χ0v) is 21.5. The monoisotopic (exact) mass is 513 g/mol. The number of rotatable bonds is 6. The summed E-state index contributed by atoms with van der Waals surface area (Å²) in [6.45, 7) is 6.05. The number of para-hydroxylation sites is 2. The van der Waals surface area contributed by atoms with E-state index < -0.39 is 10.0 Å². The van der Waals surface area contributed by atoms with E-state index in [1.54, 1.807) is 24.1 Å². The SMILES string of the molecule is COc1ccccc1N1CCN(C(=O)c2ccc(Cl)c(S(=O)(=O)Nc3ccc(C)cc3C)c2)CC1. The van der Waals surface area contributed by atoms with Crippen molar-refractivity contribution in [3.8, 4) is 5.75 Å². The molecule has 1 heterocycles. The Kier molecular flexibility index (Phi) is 7.23. The summed E-state index contributed by atoms with van der Waals surface area (Å²) < 4.78 is 34.3. The number of sulfonamides is 1. The largest absolute Gasteiger partial charge is 0.495 e. The molecule has 1 amide bonds. The van der Waals surface area contributed by atoms with Gasteiger partial charge in [-0.2, -0.15) is 0 Å². The molecule has 184 valence electrons. The van der Waals surface area contributed by atoms with Gasteiger partial charge in [-0.1, -0.05) is 41.4 Å². The Morgan fingerprint density at radius 1 is 0.971 bits per heavy atom. The Bertz CT molecular complexity index is 1350. The fraction of sp³-hybridized carbons (Fsp3) is 0.269. The molecule has 1 N–H and O–H groups in total. The minimum atomic E-state index is -3.99. The number of anilines is 2. The lowest BCUT2D eigenvalue weighted by Crippen LogP contribution is -2.48. The first-order valence-electron chi connectivity index (χ1n) is 11.3. The number of methoxy groups -OCH3 is 1. The molecule has 1 saturated heterocycles. The molecule has 0 radical (unpaired) electrons.